The first-order chi connectivity index (χ1) is 16.5. The quantitative estimate of drug-likeness (QED) is 0.192. The summed E-state index contributed by atoms with van der Waals surface area (Å²) in [6, 6.07) is 17.8. The Morgan fingerprint density at radius 1 is 1.06 bits per heavy atom. The lowest BCUT2D eigenvalue weighted by molar-refractivity contribution is -0.117. The second-order valence-corrected chi connectivity index (χ2v) is 10.4. The van der Waals surface area contributed by atoms with E-state index in [1.165, 1.54) is 51.5 Å². The zero-order valence-electron chi connectivity index (χ0n) is 17.4. The number of nitrogens with zero attached hydrogens (tertiary/aromatic N) is 3. The van der Waals surface area contributed by atoms with E-state index in [2.05, 4.69) is 10.2 Å². The standard InChI is InChI=1S/C24H16FN3O3S3/c25-16-10-8-14(9-11-16)13-33-24-27-26-23(34-24)28-19(15-5-2-1-3-6-15)18(21(30)22(28)31)20(29)17-7-4-12-32-17/h1-12,19,30H,13H2. The van der Waals surface area contributed by atoms with E-state index in [1.807, 2.05) is 18.2 Å². The Kier molecular flexibility index (Phi) is 6.27. The van der Waals surface area contributed by atoms with E-state index >= 15 is 0 Å². The lowest BCUT2D eigenvalue weighted by atomic mass is 9.96. The number of Topliss-reactive ketones (excluding diaryl/α,β-unsaturated/α-hetero) is 1. The highest BCUT2D eigenvalue weighted by Gasteiger charge is 2.46. The van der Waals surface area contributed by atoms with Gasteiger partial charge in [0.15, 0.2) is 10.1 Å². The molecule has 3 heterocycles. The van der Waals surface area contributed by atoms with Gasteiger partial charge in [-0.1, -0.05) is 71.6 Å². The van der Waals surface area contributed by atoms with Crippen LogP contribution in [0.2, 0.25) is 0 Å². The van der Waals surface area contributed by atoms with Crippen LogP contribution in [0.4, 0.5) is 9.52 Å². The Balaban J connectivity index is 1.46. The number of aromatic nitrogens is 2. The molecule has 34 heavy (non-hydrogen) atoms. The maximum Gasteiger partial charge on any atom is 0.296 e. The van der Waals surface area contributed by atoms with Gasteiger partial charge in [-0.25, -0.2) is 4.39 Å². The predicted octanol–water partition coefficient (Wildman–Crippen LogP) is 5.81. The van der Waals surface area contributed by atoms with Gasteiger partial charge in [-0.15, -0.1) is 21.5 Å². The minimum atomic E-state index is -0.828. The highest BCUT2D eigenvalue weighted by atomic mass is 32.2. The number of carbonyl (C=O) groups is 2. The molecule has 2 aromatic carbocycles. The molecule has 1 N–H and O–H groups in total. The fourth-order valence-corrected chi connectivity index (χ4v) is 6.11. The minimum Gasteiger partial charge on any atom is -0.503 e. The number of rotatable bonds is 7. The van der Waals surface area contributed by atoms with Crippen LogP contribution in [0.3, 0.4) is 0 Å². The summed E-state index contributed by atoms with van der Waals surface area (Å²) in [5.41, 5.74) is 1.62. The maximum absolute atomic E-state index is 13.3. The van der Waals surface area contributed by atoms with Crippen molar-refractivity contribution in [2.45, 2.75) is 16.1 Å². The number of halogens is 1. The molecule has 0 aliphatic carbocycles. The fourth-order valence-electron chi connectivity index (χ4n) is 3.61. The second-order valence-electron chi connectivity index (χ2n) is 7.32. The van der Waals surface area contributed by atoms with Crippen molar-refractivity contribution in [3.8, 4) is 0 Å². The Bertz CT molecular complexity index is 1370. The zero-order valence-corrected chi connectivity index (χ0v) is 19.9. The molecule has 10 heteroatoms. The highest BCUT2D eigenvalue weighted by molar-refractivity contribution is 8.00. The number of hydrogen-bond acceptors (Lipinski definition) is 8. The molecule has 1 atom stereocenters. The number of amides is 1. The van der Waals surface area contributed by atoms with Gasteiger partial charge in [-0.3, -0.25) is 14.5 Å². The molecule has 0 spiro atoms. The molecule has 4 aromatic rings. The van der Waals surface area contributed by atoms with Crippen molar-refractivity contribution in [3.63, 3.8) is 0 Å². The van der Waals surface area contributed by atoms with Gasteiger partial charge in [0.2, 0.25) is 10.9 Å². The van der Waals surface area contributed by atoms with E-state index in [4.69, 9.17) is 0 Å². The Hall–Kier alpha value is -3.34. The van der Waals surface area contributed by atoms with Gasteiger partial charge in [0.1, 0.15) is 5.82 Å². The van der Waals surface area contributed by atoms with Crippen LogP contribution in [0.1, 0.15) is 26.8 Å². The summed E-state index contributed by atoms with van der Waals surface area (Å²) in [7, 11) is 0. The molecule has 1 unspecified atom stereocenters. The van der Waals surface area contributed by atoms with E-state index in [0.29, 0.717) is 20.5 Å². The van der Waals surface area contributed by atoms with Gasteiger partial charge < -0.3 is 5.11 Å². The van der Waals surface area contributed by atoms with Crippen molar-refractivity contribution in [1.82, 2.24) is 10.2 Å². The third-order valence-corrected chi connectivity index (χ3v) is 8.19. The molecule has 0 saturated heterocycles. The first-order valence-corrected chi connectivity index (χ1v) is 12.8. The van der Waals surface area contributed by atoms with E-state index in [0.717, 1.165) is 5.56 Å². The molecule has 2 aromatic heterocycles. The average Bonchev–Trinajstić information content (AvgIpc) is 3.60. The van der Waals surface area contributed by atoms with E-state index in [-0.39, 0.29) is 16.5 Å². The van der Waals surface area contributed by atoms with Crippen LogP contribution in [0.25, 0.3) is 0 Å². The molecule has 1 amide bonds. The van der Waals surface area contributed by atoms with Crippen molar-refractivity contribution in [3.05, 3.63) is 105 Å². The molecule has 0 saturated carbocycles. The van der Waals surface area contributed by atoms with Crippen molar-refractivity contribution in [1.29, 1.82) is 0 Å². The average molecular weight is 510 g/mol. The van der Waals surface area contributed by atoms with Crippen LogP contribution in [-0.2, 0) is 10.5 Å². The third kappa shape index (κ3) is 4.27. The van der Waals surface area contributed by atoms with Crippen LogP contribution in [0, 0.1) is 5.82 Å². The molecule has 1 aliphatic heterocycles. The number of thioether (sulfide) groups is 1. The molecule has 1 aliphatic rings. The molecular formula is C24H16FN3O3S3. The first-order valence-electron chi connectivity index (χ1n) is 10.1. The summed E-state index contributed by atoms with van der Waals surface area (Å²) in [5.74, 6) is -1.42. The number of thiophene rings is 1. The zero-order chi connectivity index (χ0) is 23.7. The topological polar surface area (TPSA) is 83.4 Å². The van der Waals surface area contributed by atoms with Crippen molar-refractivity contribution < 1.29 is 19.1 Å². The number of benzene rings is 2. The van der Waals surface area contributed by atoms with E-state index in [1.54, 1.807) is 41.8 Å². The van der Waals surface area contributed by atoms with Crippen LogP contribution in [-0.4, -0.2) is 27.0 Å². The van der Waals surface area contributed by atoms with Crippen LogP contribution in [0.5, 0.6) is 0 Å². The summed E-state index contributed by atoms with van der Waals surface area (Å²) in [5, 5.41) is 21.2. The smallest absolute Gasteiger partial charge is 0.296 e. The monoisotopic (exact) mass is 509 g/mol. The van der Waals surface area contributed by atoms with Gasteiger partial charge in [0.05, 0.1) is 16.5 Å². The molecule has 0 bridgehead atoms. The summed E-state index contributed by atoms with van der Waals surface area (Å²) in [4.78, 5) is 28.2. The largest absolute Gasteiger partial charge is 0.503 e. The van der Waals surface area contributed by atoms with Gasteiger partial charge in [0, 0.05) is 5.75 Å². The van der Waals surface area contributed by atoms with Crippen molar-refractivity contribution >= 4 is 51.3 Å². The SMILES string of the molecule is O=C(C1=C(O)C(=O)N(c2nnc(SCc3ccc(F)cc3)s2)C1c1ccccc1)c1cccs1. The highest BCUT2D eigenvalue weighted by Crippen LogP contribution is 2.44. The van der Waals surface area contributed by atoms with Gasteiger partial charge >= 0.3 is 0 Å². The Labute approximate surface area is 206 Å². The van der Waals surface area contributed by atoms with Gasteiger partial charge in [-0.05, 0) is 34.7 Å². The first kappa shape index (κ1) is 22.5. The van der Waals surface area contributed by atoms with E-state index < -0.39 is 23.5 Å². The number of hydrogen-bond donors (Lipinski definition) is 1. The number of ketones is 1. The molecule has 0 fully saturated rings. The van der Waals surface area contributed by atoms with Crippen LogP contribution >= 0.6 is 34.4 Å². The predicted molar refractivity (Wildman–Crippen MR) is 131 cm³/mol. The van der Waals surface area contributed by atoms with Gasteiger partial charge in [-0.2, -0.15) is 0 Å². The number of aliphatic hydroxyl groups excluding tert-OH is 1. The van der Waals surface area contributed by atoms with Crippen molar-refractivity contribution in [2.75, 3.05) is 4.90 Å². The van der Waals surface area contributed by atoms with Crippen LogP contribution < -0.4 is 4.90 Å². The Morgan fingerprint density at radius 3 is 2.53 bits per heavy atom. The van der Waals surface area contributed by atoms with Gasteiger partial charge in [0.25, 0.3) is 5.91 Å². The number of anilines is 1. The molecule has 170 valence electrons. The minimum absolute atomic E-state index is 0.0226. The molecule has 5 rings (SSSR count). The number of aliphatic hydroxyl groups is 1. The number of carbonyl (C=O) groups excluding carboxylic acids is 2. The Morgan fingerprint density at radius 2 is 1.82 bits per heavy atom. The van der Waals surface area contributed by atoms with Crippen LogP contribution in [0.15, 0.2) is 87.8 Å². The summed E-state index contributed by atoms with van der Waals surface area (Å²) in [6.45, 7) is 0. The van der Waals surface area contributed by atoms with Crippen molar-refractivity contribution in [2.24, 2.45) is 0 Å². The van der Waals surface area contributed by atoms with E-state index in [9.17, 15) is 19.1 Å². The summed E-state index contributed by atoms with van der Waals surface area (Å²) < 4.78 is 13.7. The lowest BCUT2D eigenvalue weighted by Crippen LogP contribution is -2.30. The lowest BCUT2D eigenvalue weighted by Gasteiger charge is -2.23. The second kappa shape index (κ2) is 9.49. The normalized spacial score (nSPS) is 15.9. The molecular weight excluding hydrogens is 493 g/mol. The maximum atomic E-state index is 13.3. The third-order valence-electron chi connectivity index (χ3n) is 5.19. The summed E-state index contributed by atoms with van der Waals surface area (Å²) in [6.07, 6.45) is 0. The molecule has 6 nitrogen and oxygen atoms in total. The fraction of sp³-hybridized carbons (Fsp3) is 0.0833. The summed E-state index contributed by atoms with van der Waals surface area (Å²) >= 11 is 3.85. The molecule has 0 radical (unpaired) electrons.